The third-order valence-corrected chi connectivity index (χ3v) is 4.52. The Morgan fingerprint density at radius 2 is 2.03 bits per heavy atom. The van der Waals surface area contributed by atoms with Crippen LogP contribution < -0.4 is 10.9 Å². The number of halogens is 1. The van der Waals surface area contributed by atoms with Crippen LogP contribution in [0.2, 0.25) is 0 Å². The van der Waals surface area contributed by atoms with Crippen molar-refractivity contribution in [2.24, 2.45) is 0 Å². The van der Waals surface area contributed by atoms with Gasteiger partial charge in [0.1, 0.15) is 5.82 Å². The van der Waals surface area contributed by atoms with Crippen molar-refractivity contribution in [3.8, 4) is 0 Å². The van der Waals surface area contributed by atoms with E-state index < -0.39 is 17.7 Å². The molecule has 1 N–H and O–H groups in total. The molecule has 1 heterocycles. The van der Waals surface area contributed by atoms with Crippen molar-refractivity contribution in [2.75, 3.05) is 12.4 Å². The average Bonchev–Trinajstić information content (AvgIpc) is 2.71. The number of nitrogens with zero attached hydrogens (tertiary/aromatic N) is 2. The third kappa shape index (κ3) is 4.48. The summed E-state index contributed by atoms with van der Waals surface area (Å²) in [6.07, 6.45) is 1.90. The fourth-order valence-corrected chi connectivity index (χ4v) is 2.99. The molecule has 0 aliphatic heterocycles. The second-order valence-corrected chi connectivity index (χ2v) is 6.55. The lowest BCUT2D eigenvalue weighted by atomic mass is 10.1. The summed E-state index contributed by atoms with van der Waals surface area (Å²) in [7, 11) is 1.22. The van der Waals surface area contributed by atoms with Gasteiger partial charge in [0, 0.05) is 13.0 Å². The number of benzene rings is 2. The van der Waals surface area contributed by atoms with Crippen molar-refractivity contribution in [1.82, 2.24) is 9.55 Å². The van der Waals surface area contributed by atoms with E-state index in [9.17, 15) is 18.8 Å². The maximum absolute atomic E-state index is 13.9. The van der Waals surface area contributed by atoms with Gasteiger partial charge < -0.3 is 10.1 Å². The van der Waals surface area contributed by atoms with Crippen molar-refractivity contribution in [1.29, 1.82) is 0 Å². The Kier molecular flexibility index (Phi) is 6.01. The highest BCUT2D eigenvalue weighted by Gasteiger charge is 2.12. The van der Waals surface area contributed by atoms with Gasteiger partial charge in [-0.25, -0.2) is 14.2 Å². The summed E-state index contributed by atoms with van der Waals surface area (Å²) < 4.78 is 19.9. The van der Waals surface area contributed by atoms with Crippen molar-refractivity contribution >= 4 is 28.5 Å². The van der Waals surface area contributed by atoms with E-state index in [-0.39, 0.29) is 23.2 Å². The zero-order chi connectivity index (χ0) is 21.0. The van der Waals surface area contributed by atoms with Crippen LogP contribution in [0.25, 0.3) is 10.9 Å². The molecule has 0 spiro atoms. The van der Waals surface area contributed by atoms with E-state index in [0.29, 0.717) is 23.9 Å². The number of hydrogen-bond donors (Lipinski definition) is 1. The topological polar surface area (TPSA) is 90.3 Å². The second kappa shape index (κ2) is 8.64. The summed E-state index contributed by atoms with van der Waals surface area (Å²) in [5.41, 5.74) is 1.44. The van der Waals surface area contributed by atoms with Gasteiger partial charge in [0.05, 0.1) is 35.6 Å². The molecule has 0 saturated heterocycles. The molecular formula is C21H20FN3O4. The van der Waals surface area contributed by atoms with E-state index in [1.165, 1.54) is 30.1 Å². The fourth-order valence-electron chi connectivity index (χ4n) is 2.99. The highest BCUT2D eigenvalue weighted by atomic mass is 19.1. The van der Waals surface area contributed by atoms with Gasteiger partial charge in [-0.1, -0.05) is 12.1 Å². The molecule has 0 fully saturated rings. The first-order valence-corrected chi connectivity index (χ1v) is 9.03. The zero-order valence-corrected chi connectivity index (χ0v) is 16.1. The molecule has 3 aromatic rings. The molecule has 1 amide bonds. The molecule has 3 rings (SSSR count). The summed E-state index contributed by atoms with van der Waals surface area (Å²) in [5, 5.41) is 2.97. The summed E-state index contributed by atoms with van der Waals surface area (Å²) >= 11 is 0. The van der Waals surface area contributed by atoms with E-state index in [1.54, 1.807) is 12.1 Å². The third-order valence-electron chi connectivity index (χ3n) is 4.52. The fraction of sp³-hybridized carbons (Fsp3) is 0.238. The number of carbonyl (C=O) groups is 2. The Bertz CT molecular complexity index is 1140. The molecule has 2 aromatic carbocycles. The number of rotatable bonds is 6. The van der Waals surface area contributed by atoms with E-state index in [0.717, 1.165) is 11.6 Å². The number of amides is 1. The summed E-state index contributed by atoms with van der Waals surface area (Å²) in [6, 6.07) is 8.99. The predicted molar refractivity (Wildman–Crippen MR) is 106 cm³/mol. The molecule has 0 bridgehead atoms. The van der Waals surface area contributed by atoms with Gasteiger partial charge in [0.25, 0.3) is 5.56 Å². The van der Waals surface area contributed by atoms with Crippen LogP contribution >= 0.6 is 0 Å². The lowest BCUT2D eigenvalue weighted by Gasteiger charge is -2.09. The van der Waals surface area contributed by atoms with Crippen LogP contribution in [0.4, 0.5) is 10.1 Å². The van der Waals surface area contributed by atoms with Gasteiger partial charge in [0.2, 0.25) is 5.91 Å². The molecule has 0 radical (unpaired) electrons. The van der Waals surface area contributed by atoms with E-state index >= 15 is 0 Å². The maximum Gasteiger partial charge on any atom is 0.337 e. The Morgan fingerprint density at radius 1 is 1.24 bits per heavy atom. The zero-order valence-electron chi connectivity index (χ0n) is 16.1. The number of fused-ring (bicyclic) bond motifs is 1. The Balaban J connectivity index is 1.64. The van der Waals surface area contributed by atoms with Crippen molar-refractivity contribution < 1.29 is 18.7 Å². The van der Waals surface area contributed by atoms with Crippen molar-refractivity contribution in [2.45, 2.75) is 26.3 Å². The first kappa shape index (κ1) is 20.2. The highest BCUT2D eigenvalue weighted by molar-refractivity contribution is 5.94. The summed E-state index contributed by atoms with van der Waals surface area (Å²) in [4.78, 5) is 40.6. The number of carbonyl (C=O) groups excluding carboxylic acids is 2. The van der Waals surface area contributed by atoms with Crippen LogP contribution in [0.15, 0.2) is 47.5 Å². The molecule has 7 nitrogen and oxygen atoms in total. The van der Waals surface area contributed by atoms with Gasteiger partial charge in [-0.3, -0.25) is 14.2 Å². The minimum absolute atomic E-state index is 0.0696. The lowest BCUT2D eigenvalue weighted by Crippen LogP contribution is -2.22. The molecule has 8 heteroatoms. The predicted octanol–water partition coefficient (Wildman–Crippen LogP) is 3.05. The van der Waals surface area contributed by atoms with Crippen LogP contribution in [0.1, 0.15) is 28.8 Å². The second-order valence-electron chi connectivity index (χ2n) is 6.55. The van der Waals surface area contributed by atoms with Gasteiger partial charge in [0.15, 0.2) is 0 Å². The maximum atomic E-state index is 13.9. The highest BCUT2D eigenvalue weighted by Crippen LogP contribution is 2.17. The number of para-hydroxylation sites is 1. The van der Waals surface area contributed by atoms with Gasteiger partial charge in [-0.05, 0) is 43.2 Å². The molecule has 0 unspecified atom stereocenters. The van der Waals surface area contributed by atoms with Crippen LogP contribution in [0.3, 0.4) is 0 Å². The smallest absolute Gasteiger partial charge is 0.337 e. The standard InChI is InChI=1S/C21H20FN3O4/c1-13-5-3-6-15-19(13)23-12-25(20(15)27)10-4-7-18(26)24-17-11-14(21(28)29-2)8-9-16(17)22/h3,5-6,8-9,11-12H,4,7,10H2,1-2H3,(H,24,26). The molecular weight excluding hydrogens is 377 g/mol. The van der Waals surface area contributed by atoms with Crippen LogP contribution in [0, 0.1) is 12.7 Å². The summed E-state index contributed by atoms with van der Waals surface area (Å²) in [5.74, 6) is -1.71. The molecule has 0 aliphatic carbocycles. The molecule has 29 heavy (non-hydrogen) atoms. The van der Waals surface area contributed by atoms with E-state index in [4.69, 9.17) is 0 Å². The molecule has 0 saturated carbocycles. The normalized spacial score (nSPS) is 10.7. The lowest BCUT2D eigenvalue weighted by molar-refractivity contribution is -0.116. The Labute approximate surface area is 166 Å². The molecule has 150 valence electrons. The molecule has 1 aromatic heterocycles. The van der Waals surface area contributed by atoms with E-state index in [2.05, 4.69) is 15.0 Å². The minimum Gasteiger partial charge on any atom is -0.465 e. The van der Waals surface area contributed by atoms with Crippen LogP contribution in [0.5, 0.6) is 0 Å². The SMILES string of the molecule is COC(=O)c1ccc(F)c(NC(=O)CCCn2cnc3c(C)cccc3c2=O)c1. The minimum atomic E-state index is -0.656. The number of aromatic nitrogens is 2. The first-order chi connectivity index (χ1) is 13.9. The van der Waals surface area contributed by atoms with E-state index in [1.807, 2.05) is 13.0 Å². The number of ether oxygens (including phenoxy) is 1. The van der Waals surface area contributed by atoms with Gasteiger partial charge >= 0.3 is 5.97 Å². The van der Waals surface area contributed by atoms with Crippen molar-refractivity contribution in [3.05, 3.63) is 70.0 Å². The average molecular weight is 397 g/mol. The number of esters is 1. The number of aryl methyl sites for hydroxylation is 2. The number of methoxy groups -OCH3 is 1. The quantitative estimate of drug-likeness (QED) is 0.646. The Morgan fingerprint density at radius 3 is 2.79 bits per heavy atom. The number of anilines is 1. The molecule has 0 atom stereocenters. The number of nitrogens with one attached hydrogen (secondary N) is 1. The monoisotopic (exact) mass is 397 g/mol. The Hall–Kier alpha value is -3.55. The largest absolute Gasteiger partial charge is 0.465 e. The summed E-state index contributed by atoms with van der Waals surface area (Å²) in [6.45, 7) is 2.19. The first-order valence-electron chi connectivity index (χ1n) is 9.03. The molecule has 0 aliphatic rings. The van der Waals surface area contributed by atoms with Crippen LogP contribution in [-0.4, -0.2) is 28.5 Å². The van der Waals surface area contributed by atoms with Gasteiger partial charge in [-0.2, -0.15) is 0 Å². The van der Waals surface area contributed by atoms with Gasteiger partial charge in [-0.15, -0.1) is 0 Å². The van der Waals surface area contributed by atoms with Crippen LogP contribution in [-0.2, 0) is 16.1 Å². The number of hydrogen-bond acceptors (Lipinski definition) is 5. The van der Waals surface area contributed by atoms with Crippen molar-refractivity contribution in [3.63, 3.8) is 0 Å².